The lowest BCUT2D eigenvalue weighted by Gasteiger charge is -2.14. The minimum atomic E-state index is 0.585. The van der Waals surface area contributed by atoms with Gasteiger partial charge in [-0.05, 0) is 13.0 Å². The number of nitrogens with one attached hydrogen (secondary N) is 1. The SMILES string of the molecule is C=C([SiH3])C(CC)NCC. The van der Waals surface area contributed by atoms with Gasteiger partial charge >= 0.3 is 0 Å². The van der Waals surface area contributed by atoms with Crippen LogP contribution in [0.15, 0.2) is 11.8 Å². The Bertz CT molecular complexity index is 90.9. The fraction of sp³-hybridized carbons (Fsp3) is 0.714. The standard InChI is InChI=1S/C7H17NSi/c1-4-7(6(3)9)8-5-2/h7-8H,3-5H2,1-2,9H3. The van der Waals surface area contributed by atoms with Crippen LogP contribution in [0.5, 0.6) is 0 Å². The molecule has 0 amide bonds. The van der Waals surface area contributed by atoms with Gasteiger partial charge in [0.05, 0.1) is 0 Å². The summed E-state index contributed by atoms with van der Waals surface area (Å²) < 4.78 is 0. The molecule has 0 spiro atoms. The van der Waals surface area contributed by atoms with Crippen LogP contribution in [0.2, 0.25) is 0 Å². The Morgan fingerprint density at radius 3 is 2.33 bits per heavy atom. The van der Waals surface area contributed by atoms with Gasteiger partial charge in [0.2, 0.25) is 0 Å². The van der Waals surface area contributed by atoms with E-state index in [1.54, 1.807) is 0 Å². The van der Waals surface area contributed by atoms with E-state index in [-0.39, 0.29) is 0 Å². The summed E-state index contributed by atoms with van der Waals surface area (Å²) in [7, 11) is 1.12. The zero-order valence-corrected chi connectivity index (χ0v) is 8.70. The first kappa shape index (κ1) is 8.92. The molecule has 0 aliphatic heterocycles. The van der Waals surface area contributed by atoms with E-state index >= 15 is 0 Å². The van der Waals surface area contributed by atoms with Gasteiger partial charge in [0.25, 0.3) is 0 Å². The molecule has 9 heavy (non-hydrogen) atoms. The predicted molar refractivity (Wildman–Crippen MR) is 46.8 cm³/mol. The molecule has 0 aromatic rings. The third-order valence-electron chi connectivity index (χ3n) is 1.45. The molecule has 0 aromatic carbocycles. The molecule has 0 saturated carbocycles. The highest BCUT2D eigenvalue weighted by Crippen LogP contribution is 1.97. The van der Waals surface area contributed by atoms with Crippen LogP contribution in [0, 0.1) is 0 Å². The van der Waals surface area contributed by atoms with Crippen LogP contribution >= 0.6 is 0 Å². The summed E-state index contributed by atoms with van der Waals surface area (Å²) in [5.74, 6) is 0. The number of rotatable bonds is 4. The topological polar surface area (TPSA) is 12.0 Å². The van der Waals surface area contributed by atoms with Crippen molar-refractivity contribution in [3.63, 3.8) is 0 Å². The smallest absolute Gasteiger partial charge is 0.0345 e. The summed E-state index contributed by atoms with van der Waals surface area (Å²) in [6, 6.07) is 0.585. The Morgan fingerprint density at radius 2 is 2.22 bits per heavy atom. The monoisotopic (exact) mass is 143 g/mol. The molecule has 0 radical (unpaired) electrons. The minimum Gasteiger partial charge on any atom is -0.311 e. The van der Waals surface area contributed by atoms with Crippen LogP contribution in [0.3, 0.4) is 0 Å². The molecule has 54 valence electrons. The summed E-state index contributed by atoms with van der Waals surface area (Å²) in [4.78, 5) is 0. The summed E-state index contributed by atoms with van der Waals surface area (Å²) in [6.45, 7) is 9.32. The van der Waals surface area contributed by atoms with Gasteiger partial charge in [-0.2, -0.15) is 0 Å². The van der Waals surface area contributed by atoms with E-state index in [9.17, 15) is 0 Å². The molecule has 1 N–H and O–H groups in total. The Kier molecular flexibility index (Phi) is 4.72. The van der Waals surface area contributed by atoms with Gasteiger partial charge in [-0.15, -0.1) is 6.58 Å². The van der Waals surface area contributed by atoms with Gasteiger partial charge in [0.1, 0.15) is 0 Å². The first-order valence-corrected chi connectivity index (χ1v) is 4.61. The number of hydrogen-bond donors (Lipinski definition) is 1. The van der Waals surface area contributed by atoms with E-state index in [1.165, 1.54) is 11.6 Å². The summed E-state index contributed by atoms with van der Waals surface area (Å²) in [6.07, 6.45) is 1.18. The molecule has 0 rings (SSSR count). The Labute approximate surface area is 61.0 Å². The molecule has 1 atom stereocenters. The zero-order valence-electron chi connectivity index (χ0n) is 6.70. The second kappa shape index (κ2) is 4.76. The number of hydrogen-bond acceptors (Lipinski definition) is 1. The maximum atomic E-state index is 3.94. The molecule has 0 bridgehead atoms. The van der Waals surface area contributed by atoms with Crippen molar-refractivity contribution in [2.75, 3.05) is 6.54 Å². The van der Waals surface area contributed by atoms with Crippen molar-refractivity contribution in [3.05, 3.63) is 11.8 Å². The van der Waals surface area contributed by atoms with Crippen LogP contribution in [0.4, 0.5) is 0 Å². The van der Waals surface area contributed by atoms with E-state index in [4.69, 9.17) is 0 Å². The van der Waals surface area contributed by atoms with Crippen molar-refractivity contribution in [3.8, 4) is 0 Å². The maximum absolute atomic E-state index is 3.94. The molecular weight excluding hydrogens is 126 g/mol. The average Bonchev–Trinajstić information content (AvgIpc) is 1.82. The average molecular weight is 143 g/mol. The molecule has 0 aromatic heterocycles. The normalized spacial score (nSPS) is 13.6. The van der Waals surface area contributed by atoms with Crippen molar-refractivity contribution >= 4 is 10.2 Å². The molecule has 0 aliphatic carbocycles. The highest BCUT2D eigenvalue weighted by molar-refractivity contribution is 6.21. The second-order valence-electron chi connectivity index (χ2n) is 2.36. The summed E-state index contributed by atoms with van der Waals surface area (Å²) in [5, 5.41) is 4.74. The summed E-state index contributed by atoms with van der Waals surface area (Å²) in [5.41, 5.74) is 0. The zero-order chi connectivity index (χ0) is 7.28. The quantitative estimate of drug-likeness (QED) is 0.556. The van der Waals surface area contributed by atoms with Gasteiger partial charge in [0, 0.05) is 16.3 Å². The first-order chi connectivity index (χ1) is 4.22. The molecule has 0 fully saturated rings. The Hall–Kier alpha value is -0.0831. The van der Waals surface area contributed by atoms with Gasteiger partial charge in [0.15, 0.2) is 0 Å². The van der Waals surface area contributed by atoms with E-state index < -0.39 is 0 Å². The van der Waals surface area contributed by atoms with Crippen LogP contribution in [-0.4, -0.2) is 22.8 Å². The molecule has 1 unspecified atom stereocenters. The molecule has 2 heteroatoms. The molecule has 1 nitrogen and oxygen atoms in total. The minimum absolute atomic E-state index is 0.585. The van der Waals surface area contributed by atoms with Gasteiger partial charge < -0.3 is 5.32 Å². The second-order valence-corrected chi connectivity index (χ2v) is 3.65. The van der Waals surface area contributed by atoms with Crippen LogP contribution in [0.1, 0.15) is 20.3 Å². The highest BCUT2D eigenvalue weighted by atomic mass is 28.1. The molecule has 0 aliphatic rings. The van der Waals surface area contributed by atoms with Crippen molar-refractivity contribution in [2.45, 2.75) is 26.3 Å². The van der Waals surface area contributed by atoms with Crippen molar-refractivity contribution < 1.29 is 0 Å². The number of likely N-dealkylation sites (N-methyl/N-ethyl adjacent to an activating group) is 1. The third-order valence-corrected chi connectivity index (χ3v) is 2.15. The van der Waals surface area contributed by atoms with Crippen LogP contribution in [-0.2, 0) is 0 Å². The Morgan fingerprint density at radius 1 is 1.67 bits per heavy atom. The lowest BCUT2D eigenvalue weighted by Crippen LogP contribution is -2.29. The van der Waals surface area contributed by atoms with Crippen LogP contribution < -0.4 is 5.32 Å². The molecular formula is C7H17NSi. The van der Waals surface area contributed by atoms with Gasteiger partial charge in [-0.25, -0.2) is 0 Å². The van der Waals surface area contributed by atoms with Gasteiger partial charge in [-0.1, -0.05) is 19.0 Å². The lowest BCUT2D eigenvalue weighted by atomic mass is 10.2. The maximum Gasteiger partial charge on any atom is 0.0345 e. The Balaban J connectivity index is 3.54. The van der Waals surface area contributed by atoms with Crippen LogP contribution in [0.25, 0.3) is 0 Å². The lowest BCUT2D eigenvalue weighted by molar-refractivity contribution is 0.592. The third kappa shape index (κ3) is 3.49. The van der Waals surface area contributed by atoms with E-state index in [1.807, 2.05) is 0 Å². The van der Waals surface area contributed by atoms with Crippen molar-refractivity contribution in [2.24, 2.45) is 0 Å². The fourth-order valence-corrected chi connectivity index (χ4v) is 1.53. The largest absolute Gasteiger partial charge is 0.311 e. The predicted octanol–water partition coefficient (Wildman–Crippen LogP) is 0.254. The van der Waals surface area contributed by atoms with Gasteiger partial charge in [-0.3, -0.25) is 0 Å². The van der Waals surface area contributed by atoms with E-state index in [0.717, 1.165) is 16.8 Å². The first-order valence-electron chi connectivity index (χ1n) is 3.61. The van der Waals surface area contributed by atoms with Crippen molar-refractivity contribution in [1.29, 1.82) is 0 Å². The fourth-order valence-electron chi connectivity index (χ4n) is 0.913. The van der Waals surface area contributed by atoms with Crippen molar-refractivity contribution in [1.82, 2.24) is 5.32 Å². The molecule has 0 saturated heterocycles. The van der Waals surface area contributed by atoms with E-state index in [2.05, 4.69) is 25.7 Å². The van der Waals surface area contributed by atoms with E-state index in [0.29, 0.717) is 6.04 Å². The molecule has 0 heterocycles. The highest BCUT2D eigenvalue weighted by Gasteiger charge is 2.01. The summed E-state index contributed by atoms with van der Waals surface area (Å²) >= 11 is 0.